The van der Waals surface area contributed by atoms with Crippen LogP contribution in [0, 0.1) is 23.7 Å². The maximum atomic E-state index is 14.3. The fourth-order valence-electron chi connectivity index (χ4n) is 8.04. The zero-order chi connectivity index (χ0) is 45.3. The summed E-state index contributed by atoms with van der Waals surface area (Å²) in [6, 6.07) is 7.46. The van der Waals surface area contributed by atoms with Crippen LogP contribution in [0.5, 0.6) is 0 Å². The van der Waals surface area contributed by atoms with Gasteiger partial charge in [0.25, 0.3) is 0 Å². The molecular formula is C42H71N9O8S. The number of ether oxygens (including phenoxy) is 2. The maximum absolute atomic E-state index is 14.3. The lowest BCUT2D eigenvalue weighted by Crippen LogP contribution is -2.55. The van der Waals surface area contributed by atoms with Crippen LogP contribution < -0.4 is 4.72 Å². The number of ketones is 1. The van der Waals surface area contributed by atoms with Crippen LogP contribution in [0.3, 0.4) is 0 Å². The zero-order valence-electron chi connectivity index (χ0n) is 37.9. The Balaban J connectivity index is 2.35. The Morgan fingerprint density at radius 2 is 1.62 bits per heavy atom. The number of carbonyl (C=O) groups excluding carboxylic acids is 4. The van der Waals surface area contributed by atoms with Gasteiger partial charge in [-0.1, -0.05) is 76.5 Å². The second-order valence-corrected chi connectivity index (χ2v) is 18.5. The third-order valence-corrected chi connectivity index (χ3v) is 12.8. The number of carbonyl (C=O) groups is 4. The number of guanidine groups is 1. The van der Waals surface area contributed by atoms with Crippen molar-refractivity contribution in [3.63, 3.8) is 0 Å². The second kappa shape index (κ2) is 24.9. The summed E-state index contributed by atoms with van der Waals surface area (Å²) < 4.78 is 39.7. The van der Waals surface area contributed by atoms with Crippen LogP contribution >= 0.6 is 0 Å². The number of rotatable bonds is 24. The summed E-state index contributed by atoms with van der Waals surface area (Å²) in [5.41, 5.74) is 9.26. The van der Waals surface area contributed by atoms with Gasteiger partial charge in [-0.25, -0.2) is 13.4 Å². The minimum Gasteiger partial charge on any atom is -0.379 e. The summed E-state index contributed by atoms with van der Waals surface area (Å²) in [6.07, 6.45) is 0.530. The molecule has 8 atom stereocenters. The Morgan fingerprint density at radius 3 is 2.15 bits per heavy atom. The van der Waals surface area contributed by atoms with Crippen molar-refractivity contribution in [3.05, 3.63) is 46.3 Å². The highest BCUT2D eigenvalue weighted by Crippen LogP contribution is 2.31. The van der Waals surface area contributed by atoms with Gasteiger partial charge in [0.15, 0.2) is 5.96 Å². The number of sulfonamides is 1. The van der Waals surface area contributed by atoms with Gasteiger partial charge in [0.2, 0.25) is 27.7 Å². The summed E-state index contributed by atoms with van der Waals surface area (Å²) in [6.45, 7) is 10.1. The number of hydrogen-bond acceptors (Lipinski definition) is 10. The molecule has 1 aliphatic rings. The summed E-state index contributed by atoms with van der Waals surface area (Å²) in [7, 11) is 8.27. The molecule has 1 aliphatic heterocycles. The standard InChI is InChI=1S/C42H71N9O8S/c1-13-29(4)38(50(10)41(55)37(28(2)3)45-42(48(6)7)49(8)9)35(58-11)27-36(53)51-23-17-21-33(51)39(59-12)30(5)34(52)26-32(25-31-19-15-14-16-20-31)40(54)46-60(56,57)24-18-22-44-47-43/h14-16,19-20,28-30,32-33,35,37-39H,13,17-18,21-27H2,1-12H3,(H,46,54)/t29-,30-,32+,33-,35+,37-,38-,39+/m0/s1. The Hall–Kier alpha value is -4.25. The van der Waals surface area contributed by atoms with E-state index in [1.165, 1.54) is 7.11 Å². The molecule has 17 nitrogen and oxygen atoms in total. The van der Waals surface area contributed by atoms with Crippen molar-refractivity contribution < 1.29 is 37.1 Å². The highest BCUT2D eigenvalue weighted by molar-refractivity contribution is 7.90. The monoisotopic (exact) mass is 862 g/mol. The Bertz CT molecular complexity index is 1730. The van der Waals surface area contributed by atoms with Crippen molar-refractivity contribution in [2.75, 3.05) is 68.3 Å². The minimum atomic E-state index is -4.07. The van der Waals surface area contributed by atoms with Crippen LogP contribution in [0.25, 0.3) is 10.4 Å². The number of nitrogens with one attached hydrogen (secondary N) is 1. The van der Waals surface area contributed by atoms with E-state index in [1.54, 1.807) is 55.1 Å². The molecule has 0 aromatic heterocycles. The quantitative estimate of drug-likeness (QED) is 0.0388. The lowest BCUT2D eigenvalue weighted by atomic mass is 9.85. The van der Waals surface area contributed by atoms with E-state index in [9.17, 15) is 27.6 Å². The SMILES string of the molecule is CC[C@H](C)[C@@H]([C@@H](CC(=O)N1CCC[C@H]1[C@H](OC)[C@@H](C)C(=O)C[C@@H](Cc1ccccc1)C(=O)NS(=O)(=O)CCCN=[N+]=[N-])OC)N(C)C(=O)[C@@H](N=C(N(C)C)N(C)C)C(C)C. The molecule has 1 aromatic rings. The van der Waals surface area contributed by atoms with Crippen molar-refractivity contribution >= 4 is 39.5 Å². The highest BCUT2D eigenvalue weighted by Gasteiger charge is 2.43. The predicted molar refractivity (Wildman–Crippen MR) is 233 cm³/mol. The van der Waals surface area contributed by atoms with Crippen molar-refractivity contribution in [3.8, 4) is 0 Å². The number of likely N-dealkylation sites (tertiary alicyclic amines) is 1. The van der Waals surface area contributed by atoms with E-state index >= 15 is 0 Å². The molecule has 18 heteroatoms. The first kappa shape index (κ1) is 51.9. The molecule has 0 unspecified atom stereocenters. The molecule has 3 amide bonds. The molecule has 0 saturated carbocycles. The number of benzene rings is 1. The van der Waals surface area contributed by atoms with Crippen molar-refractivity contribution in [1.29, 1.82) is 0 Å². The summed E-state index contributed by atoms with van der Waals surface area (Å²) in [4.78, 5) is 70.9. The fraction of sp³-hybridized carbons (Fsp3) is 0.738. The van der Waals surface area contributed by atoms with E-state index in [2.05, 4.69) is 14.7 Å². The molecule has 1 saturated heterocycles. The molecule has 1 N–H and O–H groups in total. The lowest BCUT2D eigenvalue weighted by Gasteiger charge is -2.40. The molecule has 0 bridgehead atoms. The van der Waals surface area contributed by atoms with Crippen LogP contribution in [0.15, 0.2) is 40.4 Å². The molecule has 1 fully saturated rings. The van der Waals surface area contributed by atoms with E-state index in [1.807, 2.05) is 71.8 Å². The largest absolute Gasteiger partial charge is 0.379 e. The van der Waals surface area contributed by atoms with E-state index < -0.39 is 63.9 Å². The Labute approximate surface area is 358 Å². The van der Waals surface area contributed by atoms with Crippen LogP contribution in [0.4, 0.5) is 0 Å². The summed E-state index contributed by atoms with van der Waals surface area (Å²) in [5, 5.41) is 3.35. The Morgan fingerprint density at radius 1 is 0.983 bits per heavy atom. The average molecular weight is 862 g/mol. The molecule has 0 radical (unpaired) electrons. The summed E-state index contributed by atoms with van der Waals surface area (Å²) >= 11 is 0. The Kier molecular flexibility index (Phi) is 21.5. The number of Topliss-reactive ketones (excluding diaryl/α,β-unsaturated/α-hetero) is 1. The van der Waals surface area contributed by atoms with Gasteiger partial charge >= 0.3 is 0 Å². The van der Waals surface area contributed by atoms with Gasteiger partial charge in [-0.15, -0.1) is 0 Å². The zero-order valence-corrected chi connectivity index (χ0v) is 38.7. The fourth-order valence-corrected chi connectivity index (χ4v) is 9.12. The molecular weight excluding hydrogens is 791 g/mol. The van der Waals surface area contributed by atoms with Gasteiger partial charge in [-0.3, -0.25) is 23.9 Å². The first-order valence-corrected chi connectivity index (χ1v) is 22.6. The second-order valence-electron chi connectivity index (χ2n) is 16.6. The molecule has 1 aromatic carbocycles. The third-order valence-electron chi connectivity index (χ3n) is 11.4. The molecule has 0 spiro atoms. The number of likely N-dealkylation sites (N-methyl/N-ethyl adjacent to an activating group) is 1. The van der Waals surface area contributed by atoms with Crippen LogP contribution in [-0.4, -0.2) is 156 Å². The molecule has 1 heterocycles. The number of methoxy groups -OCH3 is 2. The van der Waals surface area contributed by atoms with E-state index in [0.29, 0.717) is 25.3 Å². The number of azide groups is 1. The molecule has 0 aliphatic carbocycles. The van der Waals surface area contributed by atoms with Crippen LogP contribution in [0.1, 0.15) is 78.7 Å². The molecule has 60 heavy (non-hydrogen) atoms. The summed E-state index contributed by atoms with van der Waals surface area (Å²) in [5.74, 6) is -3.12. The smallest absolute Gasteiger partial charge is 0.247 e. The number of aliphatic imine (C=N–C) groups is 1. The third kappa shape index (κ3) is 15.0. The van der Waals surface area contributed by atoms with Gasteiger partial charge in [0.05, 0.1) is 36.5 Å². The highest BCUT2D eigenvalue weighted by atomic mass is 32.2. The van der Waals surface area contributed by atoms with E-state index in [0.717, 1.165) is 12.0 Å². The van der Waals surface area contributed by atoms with Crippen molar-refractivity contribution in [2.24, 2.45) is 33.8 Å². The first-order valence-electron chi connectivity index (χ1n) is 20.9. The van der Waals surface area contributed by atoms with Gasteiger partial charge < -0.3 is 29.1 Å². The van der Waals surface area contributed by atoms with Crippen molar-refractivity contribution in [1.82, 2.24) is 24.3 Å². The van der Waals surface area contributed by atoms with Gasteiger partial charge in [-0.2, -0.15) is 0 Å². The van der Waals surface area contributed by atoms with Crippen LogP contribution in [-0.2, 0) is 45.1 Å². The first-order chi connectivity index (χ1) is 28.2. The van der Waals surface area contributed by atoms with Crippen LogP contribution in [0.2, 0.25) is 0 Å². The van der Waals surface area contributed by atoms with E-state index in [-0.39, 0.29) is 61.7 Å². The average Bonchev–Trinajstić information content (AvgIpc) is 3.68. The van der Waals surface area contributed by atoms with E-state index in [4.69, 9.17) is 20.0 Å². The van der Waals surface area contributed by atoms with Gasteiger partial charge in [-0.05, 0) is 48.6 Å². The molecule has 2 rings (SSSR count). The topological polar surface area (TPSA) is 207 Å². The molecule has 338 valence electrons. The van der Waals surface area contributed by atoms with Gasteiger partial charge in [0, 0.05) is 85.7 Å². The maximum Gasteiger partial charge on any atom is 0.247 e. The predicted octanol–water partition coefficient (Wildman–Crippen LogP) is 4.38. The lowest BCUT2D eigenvalue weighted by molar-refractivity contribution is -0.146. The number of amides is 3. The minimum absolute atomic E-state index is 0.00863. The number of nitrogens with zero attached hydrogens (tertiary/aromatic N) is 8. The van der Waals surface area contributed by atoms with Crippen molar-refractivity contribution in [2.45, 2.75) is 110 Å². The van der Waals surface area contributed by atoms with Gasteiger partial charge in [0.1, 0.15) is 11.8 Å². The number of hydrogen-bond donors (Lipinski definition) is 1. The normalized spacial score (nSPS) is 17.6.